The molecule has 0 fully saturated rings. The number of hydrogen-bond donors (Lipinski definition) is 3. The van der Waals surface area contributed by atoms with Crippen LogP contribution in [0.5, 0.6) is 0 Å². The number of carbonyl (C=O) groups excluding carboxylic acids is 4. The molecule has 5 atom stereocenters. The lowest BCUT2D eigenvalue weighted by Gasteiger charge is -2.21. The van der Waals surface area contributed by atoms with Gasteiger partial charge in [-0.1, -0.05) is 401 Å². The molecule has 0 saturated heterocycles. The molecule has 0 saturated carbocycles. The highest BCUT2D eigenvalue weighted by Crippen LogP contribution is 2.45. The number of phosphoric acid groups is 2. The SMILES string of the molecule is CCCCCCCCCCCCCCCCCCCCC(=O)O[C@H](COC(=O)CCCCCCCCCCCCCCCCCCC)COP(=O)(O)OC[C@@H](O)COP(=O)(O)OC[C@@H](COC(=O)CCCCCCCCCCCCCCC)OC(=O)CCCCCCCCCCCCCCC(C)C. The average molecular weight is 1510 g/mol. The van der Waals surface area contributed by atoms with E-state index in [-0.39, 0.29) is 25.7 Å². The summed E-state index contributed by atoms with van der Waals surface area (Å²) < 4.78 is 68.9. The van der Waals surface area contributed by atoms with Crippen molar-refractivity contribution < 1.29 is 80.2 Å². The number of aliphatic hydroxyl groups excluding tert-OH is 1. The van der Waals surface area contributed by atoms with Gasteiger partial charge in [0.1, 0.15) is 19.3 Å². The van der Waals surface area contributed by atoms with Crippen LogP contribution in [0.3, 0.4) is 0 Å². The van der Waals surface area contributed by atoms with E-state index in [1.807, 2.05) is 0 Å². The van der Waals surface area contributed by atoms with Gasteiger partial charge in [-0.3, -0.25) is 37.3 Å². The third-order valence-electron chi connectivity index (χ3n) is 19.8. The first-order chi connectivity index (χ1) is 50.0. The molecule has 103 heavy (non-hydrogen) atoms. The van der Waals surface area contributed by atoms with Gasteiger partial charge in [-0.05, 0) is 31.6 Å². The van der Waals surface area contributed by atoms with E-state index in [4.69, 9.17) is 37.0 Å². The van der Waals surface area contributed by atoms with Gasteiger partial charge in [-0.25, -0.2) is 9.13 Å². The molecule has 3 N–H and O–H groups in total. The fraction of sp³-hybridized carbons (Fsp3) is 0.952. The zero-order valence-corrected chi connectivity index (χ0v) is 69.3. The van der Waals surface area contributed by atoms with Crippen molar-refractivity contribution in [3.8, 4) is 0 Å². The highest BCUT2D eigenvalue weighted by molar-refractivity contribution is 7.47. The Labute approximate surface area is 632 Å². The minimum absolute atomic E-state index is 0.108. The van der Waals surface area contributed by atoms with E-state index in [1.165, 1.54) is 276 Å². The molecule has 2 unspecified atom stereocenters. The summed E-state index contributed by atoms with van der Waals surface area (Å²) in [4.78, 5) is 73.2. The molecule has 0 aromatic heterocycles. The maximum Gasteiger partial charge on any atom is 0.472 e. The van der Waals surface area contributed by atoms with Gasteiger partial charge in [0, 0.05) is 25.7 Å². The van der Waals surface area contributed by atoms with Crippen LogP contribution >= 0.6 is 15.6 Å². The van der Waals surface area contributed by atoms with E-state index in [1.54, 1.807) is 0 Å². The Hall–Kier alpha value is -1.94. The van der Waals surface area contributed by atoms with Crippen molar-refractivity contribution in [3.05, 3.63) is 0 Å². The summed E-state index contributed by atoms with van der Waals surface area (Å²) in [6.07, 6.45) is 69.2. The van der Waals surface area contributed by atoms with Gasteiger partial charge in [0.15, 0.2) is 12.2 Å². The zero-order chi connectivity index (χ0) is 75.5. The highest BCUT2D eigenvalue weighted by atomic mass is 31.2. The molecule has 0 spiro atoms. The number of unbranched alkanes of at least 4 members (excludes halogenated alkanes) is 56. The van der Waals surface area contributed by atoms with Gasteiger partial charge in [-0.15, -0.1) is 0 Å². The van der Waals surface area contributed by atoms with Gasteiger partial charge >= 0.3 is 39.5 Å². The van der Waals surface area contributed by atoms with Crippen molar-refractivity contribution in [1.82, 2.24) is 0 Å². The molecule has 0 aliphatic carbocycles. The third-order valence-corrected chi connectivity index (χ3v) is 21.7. The van der Waals surface area contributed by atoms with E-state index in [2.05, 4.69) is 34.6 Å². The molecule has 0 aliphatic heterocycles. The van der Waals surface area contributed by atoms with Gasteiger partial charge in [0.2, 0.25) is 0 Å². The zero-order valence-electron chi connectivity index (χ0n) is 67.5. The largest absolute Gasteiger partial charge is 0.472 e. The fourth-order valence-corrected chi connectivity index (χ4v) is 14.7. The summed E-state index contributed by atoms with van der Waals surface area (Å²) in [6.45, 7) is 7.37. The van der Waals surface area contributed by atoms with Crippen molar-refractivity contribution in [3.63, 3.8) is 0 Å². The van der Waals surface area contributed by atoms with Gasteiger partial charge in [0.05, 0.1) is 26.4 Å². The van der Waals surface area contributed by atoms with E-state index < -0.39 is 97.5 Å². The molecule has 0 bridgehead atoms. The summed E-state index contributed by atoms with van der Waals surface area (Å²) in [5.74, 6) is -1.32. The van der Waals surface area contributed by atoms with E-state index in [0.29, 0.717) is 25.7 Å². The summed E-state index contributed by atoms with van der Waals surface area (Å²) in [6, 6.07) is 0. The molecule has 0 aromatic carbocycles. The van der Waals surface area contributed by atoms with Gasteiger partial charge in [-0.2, -0.15) is 0 Å². The lowest BCUT2D eigenvalue weighted by molar-refractivity contribution is -0.161. The second-order valence-electron chi connectivity index (χ2n) is 30.7. The Bertz CT molecular complexity index is 1960. The number of esters is 4. The van der Waals surface area contributed by atoms with E-state index in [9.17, 15) is 43.2 Å². The second kappa shape index (κ2) is 76.8. The van der Waals surface area contributed by atoms with Crippen LogP contribution in [-0.4, -0.2) is 96.7 Å². The summed E-state index contributed by atoms with van der Waals surface area (Å²) in [5, 5.41) is 10.7. The lowest BCUT2D eigenvalue weighted by Crippen LogP contribution is -2.30. The molecule has 17 nitrogen and oxygen atoms in total. The smallest absolute Gasteiger partial charge is 0.462 e. The number of phosphoric ester groups is 2. The van der Waals surface area contributed by atoms with Crippen molar-refractivity contribution in [2.75, 3.05) is 39.6 Å². The number of rotatable bonds is 84. The van der Waals surface area contributed by atoms with Crippen LogP contribution in [0.1, 0.15) is 452 Å². The summed E-state index contributed by atoms with van der Waals surface area (Å²) >= 11 is 0. The molecular formula is C84H164O17P2. The van der Waals surface area contributed by atoms with Crippen LogP contribution in [0.25, 0.3) is 0 Å². The van der Waals surface area contributed by atoms with Gasteiger partial charge < -0.3 is 33.8 Å². The van der Waals surface area contributed by atoms with Crippen LogP contribution < -0.4 is 0 Å². The van der Waals surface area contributed by atoms with Crippen LogP contribution in [0, 0.1) is 5.92 Å². The minimum atomic E-state index is -4.96. The molecule has 0 aromatic rings. The predicted octanol–water partition coefficient (Wildman–Crippen LogP) is 25.6. The van der Waals surface area contributed by atoms with Crippen molar-refractivity contribution in [2.45, 2.75) is 470 Å². The topological polar surface area (TPSA) is 237 Å². The Morgan fingerprint density at radius 1 is 0.262 bits per heavy atom. The quantitative estimate of drug-likeness (QED) is 0.0222. The molecule has 0 amide bonds. The summed E-state index contributed by atoms with van der Waals surface area (Å²) in [7, 11) is -9.92. The highest BCUT2D eigenvalue weighted by Gasteiger charge is 2.30. The Kier molecular flexibility index (Phi) is 75.4. The first kappa shape index (κ1) is 101. The number of hydrogen-bond acceptors (Lipinski definition) is 15. The van der Waals surface area contributed by atoms with Crippen molar-refractivity contribution >= 4 is 39.5 Å². The average Bonchev–Trinajstić information content (AvgIpc) is 0.911. The first-order valence-corrected chi connectivity index (χ1v) is 46.6. The van der Waals surface area contributed by atoms with E-state index >= 15 is 0 Å². The molecule has 0 aliphatic rings. The van der Waals surface area contributed by atoms with Crippen LogP contribution in [0.2, 0.25) is 0 Å². The van der Waals surface area contributed by atoms with Crippen molar-refractivity contribution in [1.29, 1.82) is 0 Å². The number of ether oxygens (including phenoxy) is 4. The Balaban J connectivity index is 5.26. The molecule has 0 heterocycles. The number of aliphatic hydroxyl groups is 1. The molecule has 612 valence electrons. The molecule has 19 heteroatoms. The normalized spacial score (nSPS) is 13.8. The van der Waals surface area contributed by atoms with Crippen LogP contribution in [0.4, 0.5) is 0 Å². The van der Waals surface area contributed by atoms with Crippen LogP contribution in [0.15, 0.2) is 0 Å². The maximum absolute atomic E-state index is 13.1. The second-order valence-corrected chi connectivity index (χ2v) is 33.6. The van der Waals surface area contributed by atoms with Crippen LogP contribution in [-0.2, 0) is 65.4 Å². The molecular weight excluding hydrogens is 1340 g/mol. The Morgan fingerprint density at radius 3 is 0.660 bits per heavy atom. The third kappa shape index (κ3) is 78.0. The maximum atomic E-state index is 13.1. The van der Waals surface area contributed by atoms with Crippen molar-refractivity contribution in [2.24, 2.45) is 5.92 Å². The number of carbonyl (C=O) groups is 4. The fourth-order valence-electron chi connectivity index (χ4n) is 13.1. The van der Waals surface area contributed by atoms with Gasteiger partial charge in [0.25, 0.3) is 0 Å². The van der Waals surface area contributed by atoms with E-state index in [0.717, 1.165) is 95.8 Å². The standard InChI is InChI=1S/C84H164O17P2/c1-6-9-12-15-18-21-24-27-29-31-33-35-38-44-49-54-59-64-69-83(88)100-79(74-95-82(87)68-63-58-53-48-43-37-34-32-30-28-25-22-19-16-13-10-7-2)75-98-102(90,91)96-71-78(85)72-97-103(92,93)99-76-80(73-94-81(86)67-62-57-52-47-42-36-26-23-20-17-14-11-8-3)101-84(89)70-65-60-55-50-45-40-39-41-46-51-56-61-66-77(4)5/h77-80,85H,6-76H2,1-5H3,(H,90,91)(H,92,93)/t78-,79-,80-/m1/s1. The molecule has 0 rings (SSSR count). The first-order valence-electron chi connectivity index (χ1n) is 43.6. The Morgan fingerprint density at radius 2 is 0.447 bits per heavy atom. The molecule has 0 radical (unpaired) electrons. The lowest BCUT2D eigenvalue weighted by atomic mass is 10.0. The monoisotopic (exact) mass is 1510 g/mol. The minimum Gasteiger partial charge on any atom is -0.462 e. The predicted molar refractivity (Wildman–Crippen MR) is 423 cm³/mol. The summed E-state index contributed by atoms with van der Waals surface area (Å²) in [5.41, 5.74) is 0.